The normalized spacial score (nSPS) is 28.4. The summed E-state index contributed by atoms with van der Waals surface area (Å²) >= 11 is 0. The van der Waals surface area contributed by atoms with Gasteiger partial charge >= 0.3 is 5.97 Å². The third-order valence-electron chi connectivity index (χ3n) is 8.19. The standard InChI is InChI=1S/C30H34O3/c1-33-28-17-21(6-5-9-26(11-13-29(31)32)25-7-3-2-4-8-25)10-12-27(28)30-18-22-14-23(19-30)16-24(15-22)20-30/h2-4,7-13,17,22-24H,5-6,14-16,18-20H2,1H3,(H,31,32). The summed E-state index contributed by atoms with van der Waals surface area (Å²) in [5, 5.41) is 9.06. The number of aliphatic carboxylic acids is 1. The number of carboxylic acid groups (broad SMARTS) is 1. The lowest BCUT2D eigenvalue weighted by molar-refractivity contribution is -0.131. The first-order valence-electron chi connectivity index (χ1n) is 12.4. The predicted molar refractivity (Wildman–Crippen MR) is 132 cm³/mol. The van der Waals surface area contributed by atoms with E-state index in [0.717, 1.165) is 47.5 Å². The molecule has 1 N–H and O–H groups in total. The minimum atomic E-state index is -0.929. The molecule has 0 aromatic heterocycles. The number of aryl methyl sites for hydroxylation is 1. The van der Waals surface area contributed by atoms with Crippen LogP contribution >= 0.6 is 0 Å². The second-order valence-electron chi connectivity index (χ2n) is 10.5. The van der Waals surface area contributed by atoms with Gasteiger partial charge in [-0.15, -0.1) is 0 Å². The van der Waals surface area contributed by atoms with Crippen LogP contribution in [0.4, 0.5) is 0 Å². The van der Waals surface area contributed by atoms with Crippen LogP contribution in [0.15, 0.2) is 66.8 Å². The maximum atomic E-state index is 11.0. The lowest BCUT2D eigenvalue weighted by Crippen LogP contribution is -2.48. The fourth-order valence-electron chi connectivity index (χ4n) is 7.24. The topological polar surface area (TPSA) is 46.5 Å². The van der Waals surface area contributed by atoms with Crippen LogP contribution in [0.1, 0.15) is 61.6 Å². The van der Waals surface area contributed by atoms with Crippen molar-refractivity contribution in [1.29, 1.82) is 0 Å². The Bertz CT molecular complexity index is 1030. The van der Waals surface area contributed by atoms with Crippen molar-refractivity contribution in [3.8, 4) is 5.75 Å². The van der Waals surface area contributed by atoms with E-state index in [0.29, 0.717) is 5.41 Å². The highest BCUT2D eigenvalue weighted by Crippen LogP contribution is 2.61. The van der Waals surface area contributed by atoms with Gasteiger partial charge in [-0.05, 0) is 103 Å². The first-order chi connectivity index (χ1) is 16.0. The Balaban J connectivity index is 1.34. The van der Waals surface area contributed by atoms with Crippen LogP contribution in [0.25, 0.3) is 5.57 Å². The zero-order valence-electron chi connectivity index (χ0n) is 19.5. The molecule has 0 aliphatic heterocycles. The Morgan fingerprint density at radius 2 is 1.67 bits per heavy atom. The number of benzene rings is 2. The van der Waals surface area contributed by atoms with Crippen LogP contribution in [0, 0.1) is 17.8 Å². The monoisotopic (exact) mass is 442 g/mol. The Kier molecular flexibility index (Phi) is 6.14. The van der Waals surface area contributed by atoms with Gasteiger partial charge in [0, 0.05) is 11.6 Å². The van der Waals surface area contributed by atoms with Crippen LogP contribution < -0.4 is 4.74 Å². The SMILES string of the molecule is COc1cc(CCC=C(C=CC(=O)O)c2ccccc2)ccc1C12CC3CC(CC(C3)C1)C2. The maximum absolute atomic E-state index is 11.0. The van der Waals surface area contributed by atoms with E-state index >= 15 is 0 Å². The molecule has 0 saturated heterocycles. The molecule has 0 heterocycles. The lowest BCUT2D eigenvalue weighted by Gasteiger charge is -2.57. The van der Waals surface area contributed by atoms with Gasteiger partial charge in [-0.1, -0.05) is 48.5 Å². The zero-order chi connectivity index (χ0) is 22.8. The van der Waals surface area contributed by atoms with Crippen molar-refractivity contribution in [2.75, 3.05) is 7.11 Å². The molecule has 172 valence electrons. The van der Waals surface area contributed by atoms with E-state index in [9.17, 15) is 4.79 Å². The minimum Gasteiger partial charge on any atom is -0.496 e. The van der Waals surface area contributed by atoms with Crippen molar-refractivity contribution in [3.05, 3.63) is 83.4 Å². The second kappa shape index (κ2) is 9.21. The summed E-state index contributed by atoms with van der Waals surface area (Å²) in [5.74, 6) is 2.89. The van der Waals surface area contributed by atoms with Crippen LogP contribution in [0.3, 0.4) is 0 Å². The third kappa shape index (κ3) is 4.64. The summed E-state index contributed by atoms with van der Waals surface area (Å²) in [6.07, 6.45) is 15.1. The maximum Gasteiger partial charge on any atom is 0.328 e. The largest absolute Gasteiger partial charge is 0.496 e. The predicted octanol–water partition coefficient (Wildman–Crippen LogP) is 6.82. The van der Waals surface area contributed by atoms with Gasteiger partial charge in [-0.3, -0.25) is 0 Å². The molecule has 2 aromatic carbocycles. The second-order valence-corrected chi connectivity index (χ2v) is 10.5. The van der Waals surface area contributed by atoms with Gasteiger partial charge in [-0.25, -0.2) is 4.79 Å². The quantitative estimate of drug-likeness (QED) is 0.360. The molecule has 0 amide bonds. The molecule has 4 aliphatic carbocycles. The van der Waals surface area contributed by atoms with E-state index in [1.54, 1.807) is 6.08 Å². The van der Waals surface area contributed by atoms with Crippen molar-refractivity contribution >= 4 is 11.5 Å². The molecule has 4 aliphatic rings. The average molecular weight is 443 g/mol. The molecule has 2 aromatic rings. The Morgan fingerprint density at radius 3 is 2.27 bits per heavy atom. The van der Waals surface area contributed by atoms with Crippen LogP contribution in [0.5, 0.6) is 5.75 Å². The molecule has 6 rings (SSSR count). The van der Waals surface area contributed by atoms with E-state index in [1.165, 1.54) is 55.7 Å². The zero-order valence-corrected chi connectivity index (χ0v) is 19.5. The van der Waals surface area contributed by atoms with Crippen LogP contribution in [0.2, 0.25) is 0 Å². The fraction of sp³-hybridized carbons (Fsp3) is 0.433. The van der Waals surface area contributed by atoms with Crippen LogP contribution in [-0.4, -0.2) is 18.2 Å². The van der Waals surface area contributed by atoms with Crippen molar-refractivity contribution in [3.63, 3.8) is 0 Å². The molecule has 4 fully saturated rings. The Hall–Kier alpha value is -2.81. The number of hydrogen-bond donors (Lipinski definition) is 1. The van der Waals surface area contributed by atoms with Crippen molar-refractivity contribution in [2.24, 2.45) is 17.8 Å². The Morgan fingerprint density at radius 1 is 1.00 bits per heavy atom. The smallest absolute Gasteiger partial charge is 0.328 e. The molecule has 3 heteroatoms. The third-order valence-corrected chi connectivity index (χ3v) is 8.19. The fourth-order valence-corrected chi connectivity index (χ4v) is 7.24. The molecule has 0 radical (unpaired) electrons. The van der Waals surface area contributed by atoms with Gasteiger partial charge in [0.25, 0.3) is 0 Å². The highest BCUT2D eigenvalue weighted by atomic mass is 16.5. The van der Waals surface area contributed by atoms with E-state index in [1.807, 2.05) is 37.4 Å². The van der Waals surface area contributed by atoms with E-state index in [-0.39, 0.29) is 0 Å². The summed E-state index contributed by atoms with van der Waals surface area (Å²) in [7, 11) is 1.81. The molecule has 4 saturated carbocycles. The van der Waals surface area contributed by atoms with Gasteiger partial charge in [0.2, 0.25) is 0 Å². The average Bonchev–Trinajstić information content (AvgIpc) is 2.80. The molecule has 33 heavy (non-hydrogen) atoms. The molecule has 3 nitrogen and oxygen atoms in total. The minimum absolute atomic E-state index is 0.334. The number of ether oxygens (including phenoxy) is 1. The number of carboxylic acids is 1. The summed E-state index contributed by atoms with van der Waals surface area (Å²) in [5.41, 5.74) is 5.02. The number of rotatable bonds is 8. The number of allylic oxidation sites excluding steroid dienone is 3. The van der Waals surface area contributed by atoms with Crippen molar-refractivity contribution in [2.45, 2.75) is 56.8 Å². The molecule has 4 bridgehead atoms. The number of methoxy groups -OCH3 is 1. The van der Waals surface area contributed by atoms with Crippen molar-refractivity contribution in [1.82, 2.24) is 0 Å². The lowest BCUT2D eigenvalue weighted by atomic mass is 9.48. The highest BCUT2D eigenvalue weighted by molar-refractivity contribution is 5.85. The molecular formula is C30H34O3. The molecule has 0 unspecified atom stereocenters. The summed E-state index contributed by atoms with van der Waals surface area (Å²) in [6.45, 7) is 0. The van der Waals surface area contributed by atoms with Crippen LogP contribution in [-0.2, 0) is 16.6 Å². The summed E-state index contributed by atoms with van der Waals surface area (Å²) < 4.78 is 5.95. The molecular weight excluding hydrogens is 408 g/mol. The van der Waals surface area contributed by atoms with E-state index in [2.05, 4.69) is 24.3 Å². The van der Waals surface area contributed by atoms with Gasteiger partial charge < -0.3 is 9.84 Å². The first kappa shape index (κ1) is 22.0. The van der Waals surface area contributed by atoms with E-state index < -0.39 is 5.97 Å². The number of carbonyl (C=O) groups is 1. The van der Waals surface area contributed by atoms with E-state index in [4.69, 9.17) is 9.84 Å². The highest BCUT2D eigenvalue weighted by Gasteiger charge is 2.52. The van der Waals surface area contributed by atoms with Gasteiger partial charge in [-0.2, -0.15) is 0 Å². The van der Waals surface area contributed by atoms with Gasteiger partial charge in [0.15, 0.2) is 0 Å². The van der Waals surface area contributed by atoms with Gasteiger partial charge in [0.05, 0.1) is 7.11 Å². The molecule has 0 atom stereocenters. The molecule has 0 spiro atoms. The number of hydrogen-bond acceptors (Lipinski definition) is 2. The summed E-state index contributed by atoms with van der Waals surface area (Å²) in [4.78, 5) is 11.0. The van der Waals surface area contributed by atoms with Gasteiger partial charge in [0.1, 0.15) is 5.75 Å². The summed E-state index contributed by atoms with van der Waals surface area (Å²) in [6, 6.07) is 16.9. The Labute approximate surface area is 197 Å². The first-order valence-corrected chi connectivity index (χ1v) is 12.4. The van der Waals surface area contributed by atoms with Crippen molar-refractivity contribution < 1.29 is 14.6 Å².